The molecule has 3 rings (SSSR count). The molecule has 0 saturated carbocycles. The van der Waals surface area contributed by atoms with Crippen LogP contribution in [0.3, 0.4) is 0 Å². The van der Waals surface area contributed by atoms with Crippen LogP contribution in [0, 0.1) is 0 Å². The zero-order chi connectivity index (χ0) is 20.6. The van der Waals surface area contributed by atoms with Crippen molar-refractivity contribution in [2.75, 3.05) is 31.5 Å². The van der Waals surface area contributed by atoms with Gasteiger partial charge in [0.25, 0.3) is 0 Å². The molecule has 0 bridgehead atoms. The zero-order valence-electron chi connectivity index (χ0n) is 16.9. The van der Waals surface area contributed by atoms with Gasteiger partial charge in [-0.15, -0.1) is 0 Å². The van der Waals surface area contributed by atoms with Gasteiger partial charge in [0, 0.05) is 13.6 Å². The quantitative estimate of drug-likeness (QED) is 0.631. The number of amides is 1. The Morgan fingerprint density at radius 3 is 2.38 bits per heavy atom. The molecule has 0 aliphatic heterocycles. The van der Waals surface area contributed by atoms with Gasteiger partial charge in [0.1, 0.15) is 5.82 Å². The number of hydrogen-bond acceptors (Lipinski definition) is 5. The summed E-state index contributed by atoms with van der Waals surface area (Å²) in [6.07, 6.45) is 1.90. The van der Waals surface area contributed by atoms with Gasteiger partial charge < -0.3 is 19.7 Å². The van der Waals surface area contributed by atoms with Crippen LogP contribution >= 0.6 is 0 Å². The molecule has 0 spiro atoms. The van der Waals surface area contributed by atoms with Gasteiger partial charge in [-0.25, -0.2) is 4.98 Å². The fourth-order valence-electron chi connectivity index (χ4n) is 3.01. The minimum Gasteiger partial charge on any atom is -0.493 e. The molecular formula is C23H25N3O3. The third-order valence-electron chi connectivity index (χ3n) is 4.50. The first-order valence-electron chi connectivity index (χ1n) is 9.31. The first-order valence-corrected chi connectivity index (χ1v) is 9.31. The van der Waals surface area contributed by atoms with Gasteiger partial charge in [-0.3, -0.25) is 4.79 Å². The molecule has 6 heteroatoms. The molecular weight excluding hydrogens is 366 g/mol. The van der Waals surface area contributed by atoms with E-state index in [0.717, 1.165) is 17.9 Å². The minimum atomic E-state index is -0.121. The van der Waals surface area contributed by atoms with E-state index in [1.54, 1.807) is 32.5 Å². The van der Waals surface area contributed by atoms with Crippen LogP contribution in [0.2, 0.25) is 0 Å². The molecule has 1 aromatic heterocycles. The van der Waals surface area contributed by atoms with Crippen molar-refractivity contribution in [1.82, 2.24) is 4.98 Å². The van der Waals surface area contributed by atoms with Crippen LogP contribution in [0.5, 0.6) is 11.5 Å². The van der Waals surface area contributed by atoms with Crippen LogP contribution in [0.4, 0.5) is 11.5 Å². The lowest BCUT2D eigenvalue weighted by Gasteiger charge is -2.18. The van der Waals surface area contributed by atoms with Crippen LogP contribution in [0.15, 0.2) is 66.9 Å². The molecule has 1 N–H and O–H groups in total. The Kier molecular flexibility index (Phi) is 6.68. The van der Waals surface area contributed by atoms with Crippen molar-refractivity contribution < 1.29 is 14.3 Å². The van der Waals surface area contributed by atoms with Gasteiger partial charge in [0.2, 0.25) is 5.91 Å². The molecule has 0 saturated heterocycles. The molecule has 3 aromatic rings. The molecule has 0 atom stereocenters. The fraction of sp³-hybridized carbons (Fsp3) is 0.217. The normalized spacial score (nSPS) is 10.3. The molecule has 6 nitrogen and oxygen atoms in total. The highest BCUT2D eigenvalue weighted by Crippen LogP contribution is 2.27. The van der Waals surface area contributed by atoms with Gasteiger partial charge in [-0.2, -0.15) is 0 Å². The van der Waals surface area contributed by atoms with E-state index in [0.29, 0.717) is 17.2 Å². The number of carbonyl (C=O) groups is 1. The van der Waals surface area contributed by atoms with Crippen LogP contribution in [0.1, 0.15) is 11.1 Å². The maximum Gasteiger partial charge on any atom is 0.228 e. The van der Waals surface area contributed by atoms with E-state index in [1.807, 2.05) is 43.4 Å². The Balaban J connectivity index is 1.58. The molecule has 1 heterocycles. The lowest BCUT2D eigenvalue weighted by atomic mass is 10.1. The van der Waals surface area contributed by atoms with E-state index in [-0.39, 0.29) is 12.3 Å². The minimum absolute atomic E-state index is 0.121. The average molecular weight is 391 g/mol. The van der Waals surface area contributed by atoms with Crippen LogP contribution in [0.25, 0.3) is 0 Å². The SMILES string of the molecule is COc1ccc(CC(=O)Nc2ccc(N(C)Cc3ccccc3)nc2)cc1OC. The molecule has 0 radical (unpaired) electrons. The summed E-state index contributed by atoms with van der Waals surface area (Å²) in [6.45, 7) is 0.763. The van der Waals surface area contributed by atoms with Gasteiger partial charge in [-0.1, -0.05) is 36.4 Å². The fourth-order valence-corrected chi connectivity index (χ4v) is 3.01. The van der Waals surface area contributed by atoms with E-state index < -0.39 is 0 Å². The van der Waals surface area contributed by atoms with Gasteiger partial charge >= 0.3 is 0 Å². The number of carbonyl (C=O) groups excluding carboxylic acids is 1. The number of methoxy groups -OCH3 is 2. The molecule has 150 valence electrons. The first-order chi connectivity index (χ1) is 14.1. The molecule has 0 aliphatic carbocycles. The van der Waals surface area contributed by atoms with Crippen molar-refractivity contribution in [3.8, 4) is 11.5 Å². The Hall–Kier alpha value is -3.54. The Bertz CT molecular complexity index is 943. The molecule has 2 aromatic carbocycles. The lowest BCUT2D eigenvalue weighted by molar-refractivity contribution is -0.115. The number of nitrogens with zero attached hydrogens (tertiary/aromatic N) is 2. The Morgan fingerprint density at radius 2 is 1.72 bits per heavy atom. The highest BCUT2D eigenvalue weighted by molar-refractivity contribution is 5.92. The van der Waals surface area contributed by atoms with Crippen LogP contribution < -0.4 is 19.7 Å². The van der Waals surface area contributed by atoms with Crippen molar-refractivity contribution >= 4 is 17.4 Å². The maximum atomic E-state index is 12.4. The summed E-state index contributed by atoms with van der Waals surface area (Å²) in [7, 11) is 5.15. The number of nitrogens with one attached hydrogen (secondary N) is 1. The smallest absolute Gasteiger partial charge is 0.228 e. The van der Waals surface area contributed by atoms with Gasteiger partial charge in [0.15, 0.2) is 11.5 Å². The molecule has 29 heavy (non-hydrogen) atoms. The monoisotopic (exact) mass is 391 g/mol. The van der Waals surface area contributed by atoms with Gasteiger partial charge in [0.05, 0.1) is 32.5 Å². The van der Waals surface area contributed by atoms with E-state index in [9.17, 15) is 4.79 Å². The number of aromatic nitrogens is 1. The van der Waals surface area contributed by atoms with Crippen molar-refractivity contribution in [1.29, 1.82) is 0 Å². The molecule has 1 amide bonds. The summed E-state index contributed by atoms with van der Waals surface area (Å²) in [4.78, 5) is 18.9. The van der Waals surface area contributed by atoms with E-state index in [2.05, 4.69) is 27.3 Å². The zero-order valence-corrected chi connectivity index (χ0v) is 16.9. The Morgan fingerprint density at radius 1 is 0.966 bits per heavy atom. The van der Waals surface area contributed by atoms with Crippen molar-refractivity contribution in [2.45, 2.75) is 13.0 Å². The van der Waals surface area contributed by atoms with Crippen LogP contribution in [-0.4, -0.2) is 32.2 Å². The predicted octanol–water partition coefficient (Wildman–Crippen LogP) is 3.92. The summed E-state index contributed by atoms with van der Waals surface area (Å²) in [5.41, 5.74) is 2.71. The summed E-state index contributed by atoms with van der Waals surface area (Å²) in [5, 5.41) is 2.88. The highest BCUT2D eigenvalue weighted by Gasteiger charge is 2.10. The third-order valence-corrected chi connectivity index (χ3v) is 4.50. The first kappa shape index (κ1) is 20.2. The second kappa shape index (κ2) is 9.59. The van der Waals surface area contributed by atoms with E-state index in [1.165, 1.54) is 5.56 Å². The standard InChI is InChI=1S/C23H25N3O3/c1-26(16-17-7-5-4-6-8-17)22-12-10-19(15-24-22)25-23(27)14-18-9-11-20(28-2)21(13-18)29-3/h4-13,15H,14,16H2,1-3H3,(H,25,27). The van der Waals surface area contributed by atoms with Crippen LogP contribution in [-0.2, 0) is 17.8 Å². The largest absolute Gasteiger partial charge is 0.493 e. The summed E-state index contributed by atoms with van der Waals surface area (Å²) >= 11 is 0. The lowest BCUT2D eigenvalue weighted by Crippen LogP contribution is -2.18. The summed E-state index contributed by atoms with van der Waals surface area (Å²) in [6, 6.07) is 19.4. The Labute approximate surface area is 171 Å². The summed E-state index contributed by atoms with van der Waals surface area (Å²) in [5.74, 6) is 1.96. The molecule has 0 aliphatic rings. The summed E-state index contributed by atoms with van der Waals surface area (Å²) < 4.78 is 10.5. The highest BCUT2D eigenvalue weighted by atomic mass is 16.5. The third kappa shape index (κ3) is 5.48. The van der Waals surface area contributed by atoms with Gasteiger partial charge in [-0.05, 0) is 35.4 Å². The number of rotatable bonds is 8. The number of ether oxygens (including phenoxy) is 2. The molecule has 0 fully saturated rings. The number of benzene rings is 2. The topological polar surface area (TPSA) is 63.7 Å². The number of anilines is 2. The maximum absolute atomic E-state index is 12.4. The predicted molar refractivity (Wildman–Crippen MR) is 115 cm³/mol. The van der Waals surface area contributed by atoms with Crippen molar-refractivity contribution in [3.63, 3.8) is 0 Å². The second-order valence-electron chi connectivity index (χ2n) is 6.66. The van der Waals surface area contributed by atoms with Crippen molar-refractivity contribution in [2.24, 2.45) is 0 Å². The van der Waals surface area contributed by atoms with E-state index in [4.69, 9.17) is 9.47 Å². The van der Waals surface area contributed by atoms with E-state index >= 15 is 0 Å². The average Bonchev–Trinajstić information content (AvgIpc) is 2.74. The van der Waals surface area contributed by atoms with Crippen molar-refractivity contribution in [3.05, 3.63) is 78.0 Å². The number of hydrogen-bond donors (Lipinski definition) is 1. The molecule has 0 unspecified atom stereocenters. The number of pyridine rings is 1. The second-order valence-corrected chi connectivity index (χ2v) is 6.66.